The van der Waals surface area contributed by atoms with E-state index in [0.29, 0.717) is 0 Å². The fourth-order valence-corrected chi connectivity index (χ4v) is 2.58. The predicted octanol–water partition coefficient (Wildman–Crippen LogP) is 1.59. The van der Waals surface area contributed by atoms with Crippen LogP contribution in [0.25, 0.3) is 11.4 Å². The molecule has 0 radical (unpaired) electrons. The van der Waals surface area contributed by atoms with Crippen LogP contribution in [0.2, 0.25) is 0 Å². The van der Waals surface area contributed by atoms with Gasteiger partial charge in [0.15, 0.2) is 5.03 Å². The van der Waals surface area contributed by atoms with Gasteiger partial charge < -0.3 is 0 Å². The monoisotopic (exact) mass is 322 g/mol. The van der Waals surface area contributed by atoms with Gasteiger partial charge in [-0.25, -0.2) is 8.42 Å². The molecule has 0 saturated heterocycles. The van der Waals surface area contributed by atoms with E-state index in [2.05, 4.69) is 20.5 Å². The van der Waals surface area contributed by atoms with Gasteiger partial charge in [-0.15, -0.1) is 10.2 Å². The van der Waals surface area contributed by atoms with Crippen molar-refractivity contribution in [1.82, 2.24) is 30.0 Å². The Morgan fingerprint density at radius 1 is 1.15 bits per heavy atom. The van der Waals surface area contributed by atoms with Crippen LogP contribution in [0.5, 0.6) is 0 Å². The first-order valence-electron chi connectivity index (χ1n) is 6.10. The second-order valence-electron chi connectivity index (χ2n) is 3.03. The standard InChI is InChI=1S/C6H7ClN6O2S.2C2H6/c1-12-6(16(7,14)15)4(3-8-12)5-9-11-13(2)10-5;2*1-2/h3H,1-2H3;2*1-2H3. The maximum absolute atomic E-state index is 11.3. The Morgan fingerprint density at radius 2 is 1.70 bits per heavy atom. The van der Waals surface area contributed by atoms with Crippen LogP contribution in [0.3, 0.4) is 0 Å². The second kappa shape index (κ2) is 7.95. The van der Waals surface area contributed by atoms with Gasteiger partial charge in [0, 0.05) is 17.7 Å². The molecule has 20 heavy (non-hydrogen) atoms. The van der Waals surface area contributed by atoms with Crippen molar-refractivity contribution in [3.63, 3.8) is 0 Å². The van der Waals surface area contributed by atoms with Crippen molar-refractivity contribution in [3.8, 4) is 11.4 Å². The lowest BCUT2D eigenvalue weighted by molar-refractivity contribution is 0.590. The summed E-state index contributed by atoms with van der Waals surface area (Å²) in [6, 6.07) is 0. The third kappa shape index (κ3) is 4.27. The topological polar surface area (TPSA) is 95.6 Å². The molecule has 0 unspecified atom stereocenters. The SMILES string of the molecule is CC.CC.Cn1nnc(-c2cnn(C)c2S(=O)(=O)Cl)n1. The molecule has 0 aromatic carbocycles. The Morgan fingerprint density at radius 3 is 2.10 bits per heavy atom. The molecule has 0 N–H and O–H groups in total. The van der Waals surface area contributed by atoms with E-state index in [4.69, 9.17) is 10.7 Å². The van der Waals surface area contributed by atoms with Gasteiger partial charge in [0.25, 0.3) is 9.05 Å². The number of hydrogen-bond donors (Lipinski definition) is 0. The van der Waals surface area contributed by atoms with Gasteiger partial charge in [0.2, 0.25) is 5.82 Å². The van der Waals surface area contributed by atoms with Gasteiger partial charge >= 0.3 is 0 Å². The zero-order chi connectivity index (χ0) is 15.9. The molecule has 0 fully saturated rings. The van der Waals surface area contributed by atoms with Crippen molar-refractivity contribution in [2.45, 2.75) is 32.7 Å². The van der Waals surface area contributed by atoms with Crippen LogP contribution in [0.1, 0.15) is 27.7 Å². The number of nitrogens with zero attached hydrogens (tertiary/aromatic N) is 6. The summed E-state index contributed by atoms with van der Waals surface area (Å²) in [5.74, 6) is 0.162. The number of halogens is 1. The lowest BCUT2D eigenvalue weighted by Gasteiger charge is -1.98. The van der Waals surface area contributed by atoms with Gasteiger partial charge in [0.05, 0.1) is 18.8 Å². The van der Waals surface area contributed by atoms with Crippen LogP contribution in [0.4, 0.5) is 0 Å². The molecule has 2 heterocycles. The molecule has 0 amide bonds. The van der Waals surface area contributed by atoms with Crippen LogP contribution < -0.4 is 0 Å². The normalized spacial score (nSPS) is 10.2. The van der Waals surface area contributed by atoms with Gasteiger partial charge in [-0.3, -0.25) is 4.68 Å². The molecule has 0 spiro atoms. The molecule has 0 aliphatic rings. The van der Waals surface area contributed by atoms with Crippen molar-refractivity contribution >= 4 is 19.7 Å². The van der Waals surface area contributed by atoms with Crippen LogP contribution in [0.15, 0.2) is 11.2 Å². The van der Waals surface area contributed by atoms with E-state index < -0.39 is 9.05 Å². The van der Waals surface area contributed by atoms with Crippen LogP contribution in [-0.4, -0.2) is 38.4 Å². The fraction of sp³-hybridized carbons (Fsp3) is 0.600. The minimum absolute atomic E-state index is 0.151. The molecular weight excluding hydrogens is 304 g/mol. The van der Waals surface area contributed by atoms with E-state index in [0.717, 1.165) is 4.68 Å². The predicted molar refractivity (Wildman–Crippen MR) is 76.7 cm³/mol. The molecule has 10 heteroatoms. The number of aromatic nitrogens is 6. The molecule has 2 aromatic rings. The average Bonchev–Trinajstić information content (AvgIpc) is 2.99. The highest BCUT2D eigenvalue weighted by molar-refractivity contribution is 8.13. The van der Waals surface area contributed by atoms with E-state index in [-0.39, 0.29) is 16.4 Å². The Labute approximate surface area is 123 Å². The third-order valence-electron chi connectivity index (χ3n) is 1.86. The van der Waals surface area contributed by atoms with Crippen LogP contribution >= 0.6 is 10.7 Å². The van der Waals surface area contributed by atoms with Crippen molar-refractivity contribution in [2.24, 2.45) is 14.1 Å². The third-order valence-corrected chi connectivity index (χ3v) is 3.25. The zero-order valence-electron chi connectivity index (χ0n) is 12.4. The van der Waals surface area contributed by atoms with E-state index >= 15 is 0 Å². The van der Waals surface area contributed by atoms with E-state index in [1.807, 2.05) is 27.7 Å². The maximum Gasteiger partial charge on any atom is 0.279 e. The molecule has 0 aliphatic heterocycles. The molecule has 0 aliphatic carbocycles. The van der Waals surface area contributed by atoms with Gasteiger partial charge in [0.1, 0.15) is 0 Å². The van der Waals surface area contributed by atoms with Gasteiger partial charge in [-0.05, 0) is 5.21 Å². The zero-order valence-corrected chi connectivity index (χ0v) is 13.9. The van der Waals surface area contributed by atoms with Gasteiger partial charge in [-0.1, -0.05) is 27.7 Å². The van der Waals surface area contributed by atoms with Gasteiger partial charge in [-0.2, -0.15) is 9.90 Å². The van der Waals surface area contributed by atoms with E-state index in [9.17, 15) is 8.42 Å². The molecule has 0 atom stereocenters. The first kappa shape index (κ1) is 18.5. The van der Waals surface area contributed by atoms with Crippen molar-refractivity contribution < 1.29 is 8.42 Å². The Hall–Kier alpha value is -1.48. The quantitative estimate of drug-likeness (QED) is 0.779. The summed E-state index contributed by atoms with van der Waals surface area (Å²) in [4.78, 5) is 1.22. The fourth-order valence-electron chi connectivity index (χ4n) is 1.26. The summed E-state index contributed by atoms with van der Waals surface area (Å²) in [7, 11) is 4.43. The van der Waals surface area contributed by atoms with Crippen LogP contribution in [-0.2, 0) is 23.1 Å². The number of aryl methyl sites for hydroxylation is 2. The van der Waals surface area contributed by atoms with E-state index in [1.54, 1.807) is 7.05 Å². The lowest BCUT2D eigenvalue weighted by Crippen LogP contribution is -2.03. The molecule has 0 saturated carbocycles. The summed E-state index contributed by atoms with van der Waals surface area (Å²) >= 11 is 0. The molecule has 114 valence electrons. The Kier molecular flexibility index (Phi) is 7.36. The first-order chi connectivity index (χ1) is 9.39. The smallest absolute Gasteiger partial charge is 0.256 e. The molecule has 8 nitrogen and oxygen atoms in total. The van der Waals surface area contributed by atoms with E-state index in [1.165, 1.54) is 18.0 Å². The maximum atomic E-state index is 11.3. The Balaban J connectivity index is 0.000000829. The highest BCUT2D eigenvalue weighted by Gasteiger charge is 2.24. The lowest BCUT2D eigenvalue weighted by atomic mass is 10.3. The molecular formula is C10H19ClN6O2S. The van der Waals surface area contributed by atoms with Crippen molar-refractivity contribution in [3.05, 3.63) is 6.20 Å². The van der Waals surface area contributed by atoms with Crippen molar-refractivity contribution in [2.75, 3.05) is 0 Å². The summed E-state index contributed by atoms with van der Waals surface area (Å²) in [6.07, 6.45) is 1.33. The molecule has 0 bridgehead atoms. The number of hydrogen-bond acceptors (Lipinski definition) is 6. The largest absolute Gasteiger partial charge is 0.279 e. The highest BCUT2D eigenvalue weighted by atomic mass is 35.7. The Bertz CT molecular complexity index is 634. The summed E-state index contributed by atoms with van der Waals surface area (Å²) < 4.78 is 23.8. The first-order valence-corrected chi connectivity index (χ1v) is 8.41. The average molecular weight is 323 g/mol. The summed E-state index contributed by atoms with van der Waals surface area (Å²) in [5, 5.41) is 14.8. The summed E-state index contributed by atoms with van der Waals surface area (Å²) in [5.41, 5.74) is 0.227. The minimum Gasteiger partial charge on any atom is -0.256 e. The number of rotatable bonds is 2. The van der Waals surface area contributed by atoms with Crippen LogP contribution in [0, 0.1) is 0 Å². The summed E-state index contributed by atoms with van der Waals surface area (Å²) in [6.45, 7) is 8.00. The number of tetrazole rings is 1. The molecule has 2 aromatic heterocycles. The second-order valence-corrected chi connectivity index (χ2v) is 5.51. The minimum atomic E-state index is -3.90. The molecule has 2 rings (SSSR count). The highest BCUT2D eigenvalue weighted by Crippen LogP contribution is 2.25. The van der Waals surface area contributed by atoms with Crippen molar-refractivity contribution in [1.29, 1.82) is 0 Å².